The van der Waals surface area contributed by atoms with E-state index in [1.165, 1.54) is 13.1 Å². The Morgan fingerprint density at radius 3 is 2.60 bits per heavy atom. The van der Waals surface area contributed by atoms with Crippen LogP contribution in [0.25, 0.3) is 0 Å². The van der Waals surface area contributed by atoms with Crippen molar-refractivity contribution in [3.05, 3.63) is 29.8 Å². The smallest absolute Gasteiger partial charge is 0.448 e. The fraction of sp³-hybridized carbons (Fsp3) is 0.222. The van der Waals surface area contributed by atoms with Crippen molar-refractivity contribution in [2.75, 3.05) is 18.4 Å². The standard InChI is InChI=1S/C9H9BF3N2/c1-15(7-10(11,12)13)9-4-2-3-8(5-9)6-14/h2-5H,7H2,1H3/q-1. The monoisotopic (exact) mass is 213 g/mol. The highest BCUT2D eigenvalue weighted by Crippen LogP contribution is 2.18. The third-order valence-electron chi connectivity index (χ3n) is 1.90. The predicted molar refractivity (Wildman–Crippen MR) is 53.5 cm³/mol. The van der Waals surface area contributed by atoms with Crippen LogP contribution in [0.2, 0.25) is 0 Å². The molecule has 0 spiro atoms. The topological polar surface area (TPSA) is 27.0 Å². The van der Waals surface area contributed by atoms with E-state index in [0.717, 1.165) is 4.90 Å². The molecular formula is C9H9BF3N2-. The van der Waals surface area contributed by atoms with Gasteiger partial charge in [0, 0.05) is 12.7 Å². The minimum Gasteiger partial charge on any atom is -0.448 e. The first-order chi connectivity index (χ1) is 6.92. The molecule has 0 aromatic heterocycles. The summed E-state index contributed by atoms with van der Waals surface area (Å²) >= 11 is 0. The number of hydrogen-bond donors (Lipinski definition) is 0. The van der Waals surface area contributed by atoms with Crippen LogP contribution in [0.4, 0.5) is 18.6 Å². The van der Waals surface area contributed by atoms with Gasteiger partial charge in [0.1, 0.15) is 0 Å². The number of nitriles is 1. The molecule has 0 aliphatic heterocycles. The first-order valence-electron chi connectivity index (χ1n) is 4.34. The second-order valence-electron chi connectivity index (χ2n) is 3.25. The molecule has 0 saturated heterocycles. The Hall–Kier alpha value is -1.64. The van der Waals surface area contributed by atoms with Gasteiger partial charge in [-0.15, -0.1) is 0 Å². The third kappa shape index (κ3) is 3.54. The summed E-state index contributed by atoms with van der Waals surface area (Å²) in [4.78, 5) is 1.08. The quantitative estimate of drug-likeness (QED) is 0.720. The highest BCUT2D eigenvalue weighted by atomic mass is 19.4. The molecular weight excluding hydrogens is 204 g/mol. The van der Waals surface area contributed by atoms with Crippen LogP contribution in [-0.2, 0) is 0 Å². The van der Waals surface area contributed by atoms with E-state index in [4.69, 9.17) is 5.26 Å². The lowest BCUT2D eigenvalue weighted by molar-refractivity contribution is 0.470. The van der Waals surface area contributed by atoms with Crippen molar-refractivity contribution in [1.82, 2.24) is 0 Å². The first kappa shape index (κ1) is 11.4. The largest absolute Gasteiger partial charge is 0.497 e. The molecule has 0 atom stereocenters. The van der Waals surface area contributed by atoms with Crippen LogP contribution in [0.15, 0.2) is 24.3 Å². The highest BCUT2D eigenvalue weighted by molar-refractivity contribution is 6.59. The molecule has 1 aromatic carbocycles. The van der Waals surface area contributed by atoms with Gasteiger partial charge < -0.3 is 17.8 Å². The van der Waals surface area contributed by atoms with Gasteiger partial charge in [-0.2, -0.15) is 5.26 Å². The van der Waals surface area contributed by atoms with Crippen LogP contribution in [-0.4, -0.2) is 20.5 Å². The van der Waals surface area contributed by atoms with Gasteiger partial charge in [0.15, 0.2) is 0 Å². The lowest BCUT2D eigenvalue weighted by Gasteiger charge is -2.25. The lowest BCUT2D eigenvalue weighted by Crippen LogP contribution is -2.35. The summed E-state index contributed by atoms with van der Waals surface area (Å²) in [6, 6.07) is 7.97. The number of anilines is 1. The van der Waals surface area contributed by atoms with E-state index in [2.05, 4.69) is 0 Å². The van der Waals surface area contributed by atoms with Gasteiger partial charge in [0.25, 0.3) is 0 Å². The fourth-order valence-electron chi connectivity index (χ4n) is 1.23. The molecule has 0 amide bonds. The Kier molecular flexibility index (Phi) is 3.25. The Labute approximate surface area is 86.0 Å². The van der Waals surface area contributed by atoms with E-state index in [9.17, 15) is 12.9 Å². The Balaban J connectivity index is 2.83. The van der Waals surface area contributed by atoms with E-state index >= 15 is 0 Å². The second-order valence-corrected chi connectivity index (χ2v) is 3.25. The molecule has 0 saturated carbocycles. The van der Waals surface area contributed by atoms with Gasteiger partial charge in [-0.3, -0.25) is 0 Å². The van der Waals surface area contributed by atoms with Crippen molar-refractivity contribution < 1.29 is 12.9 Å². The van der Waals surface area contributed by atoms with E-state index in [1.54, 1.807) is 18.2 Å². The number of hydrogen-bond acceptors (Lipinski definition) is 2. The third-order valence-corrected chi connectivity index (χ3v) is 1.90. The molecule has 0 unspecified atom stereocenters. The number of halogens is 3. The molecule has 0 fully saturated rings. The maximum Gasteiger partial charge on any atom is 0.497 e. The van der Waals surface area contributed by atoms with E-state index in [0.29, 0.717) is 11.3 Å². The van der Waals surface area contributed by atoms with Gasteiger partial charge in [-0.05, 0) is 24.6 Å². The summed E-state index contributed by atoms with van der Waals surface area (Å²) in [5.74, 6) is 0. The van der Waals surface area contributed by atoms with Gasteiger partial charge >= 0.3 is 6.98 Å². The summed E-state index contributed by atoms with van der Waals surface area (Å²) in [5.41, 5.74) is 0.752. The molecule has 0 aliphatic rings. The molecule has 0 aliphatic carbocycles. The van der Waals surface area contributed by atoms with Crippen molar-refractivity contribution >= 4 is 12.7 Å². The van der Waals surface area contributed by atoms with Crippen molar-refractivity contribution in [2.24, 2.45) is 0 Å². The zero-order valence-electron chi connectivity index (χ0n) is 8.12. The van der Waals surface area contributed by atoms with Gasteiger partial charge in [-0.1, -0.05) is 6.07 Å². The molecule has 0 bridgehead atoms. The maximum atomic E-state index is 12.1. The molecule has 2 nitrogen and oxygen atoms in total. The van der Waals surface area contributed by atoms with E-state index in [-0.39, 0.29) is 0 Å². The number of nitrogens with zero attached hydrogens (tertiary/aromatic N) is 2. The van der Waals surface area contributed by atoms with E-state index in [1.807, 2.05) is 6.07 Å². The summed E-state index contributed by atoms with van der Waals surface area (Å²) in [7, 11) is 1.35. The zero-order chi connectivity index (χ0) is 11.5. The molecule has 0 N–H and O–H groups in total. The second kappa shape index (κ2) is 4.26. The van der Waals surface area contributed by atoms with E-state index < -0.39 is 13.4 Å². The molecule has 15 heavy (non-hydrogen) atoms. The van der Waals surface area contributed by atoms with Crippen molar-refractivity contribution in [3.63, 3.8) is 0 Å². The van der Waals surface area contributed by atoms with Crippen molar-refractivity contribution in [1.29, 1.82) is 5.26 Å². The summed E-state index contributed by atoms with van der Waals surface area (Å²) in [6.45, 7) is -4.85. The minimum atomic E-state index is -4.85. The first-order valence-corrected chi connectivity index (χ1v) is 4.34. The molecule has 0 heterocycles. The van der Waals surface area contributed by atoms with Crippen molar-refractivity contribution in [2.45, 2.75) is 0 Å². The van der Waals surface area contributed by atoms with Crippen LogP contribution in [0.1, 0.15) is 5.56 Å². The molecule has 80 valence electrons. The Morgan fingerprint density at radius 1 is 1.40 bits per heavy atom. The zero-order valence-corrected chi connectivity index (χ0v) is 8.12. The van der Waals surface area contributed by atoms with Crippen LogP contribution >= 0.6 is 0 Å². The molecule has 0 radical (unpaired) electrons. The van der Waals surface area contributed by atoms with Crippen LogP contribution in [0, 0.1) is 11.3 Å². The SMILES string of the molecule is CN(C[B-](F)(F)F)c1cccc(C#N)c1. The molecule has 1 rings (SSSR count). The summed E-state index contributed by atoms with van der Waals surface area (Å²) < 4.78 is 36.4. The minimum absolute atomic E-state index is 0.356. The van der Waals surface area contributed by atoms with Gasteiger partial charge in [0.05, 0.1) is 11.6 Å². The van der Waals surface area contributed by atoms with Crippen LogP contribution < -0.4 is 4.90 Å². The molecule has 1 aromatic rings. The average Bonchev–Trinajstić information content (AvgIpc) is 2.15. The average molecular weight is 213 g/mol. The number of benzene rings is 1. The summed E-state index contributed by atoms with van der Waals surface area (Å²) in [6.07, 6.45) is -0.963. The fourth-order valence-corrected chi connectivity index (χ4v) is 1.23. The Morgan fingerprint density at radius 2 is 2.07 bits per heavy atom. The molecule has 6 heteroatoms. The maximum absolute atomic E-state index is 12.1. The normalized spacial score (nSPS) is 10.9. The number of rotatable bonds is 3. The lowest BCUT2D eigenvalue weighted by atomic mass is 9.91. The van der Waals surface area contributed by atoms with Crippen molar-refractivity contribution in [3.8, 4) is 6.07 Å². The van der Waals surface area contributed by atoms with Gasteiger partial charge in [-0.25, -0.2) is 0 Å². The van der Waals surface area contributed by atoms with Crippen LogP contribution in [0.5, 0.6) is 0 Å². The Bertz CT molecular complexity index is 384. The predicted octanol–water partition coefficient (Wildman–Crippen LogP) is 2.38. The van der Waals surface area contributed by atoms with Crippen LogP contribution in [0.3, 0.4) is 0 Å². The van der Waals surface area contributed by atoms with Gasteiger partial charge in [0.2, 0.25) is 0 Å². The summed E-state index contributed by atoms with van der Waals surface area (Å²) in [5, 5.41) is 8.59. The highest BCUT2D eigenvalue weighted by Gasteiger charge is 2.25.